The fourth-order valence-corrected chi connectivity index (χ4v) is 3.31. The van der Waals surface area contributed by atoms with Gasteiger partial charge in [0.2, 0.25) is 0 Å². The molecule has 2 aromatic heterocycles. The molecule has 0 saturated carbocycles. The second kappa shape index (κ2) is 9.32. The highest BCUT2D eigenvalue weighted by Crippen LogP contribution is 2.21. The molecule has 0 amide bonds. The SMILES string of the molecule is CC(CC#N)c1ccsc1.CC(CC(=O)O)c1ccsc1. The van der Waals surface area contributed by atoms with Crippen LogP contribution in [0.4, 0.5) is 0 Å². The van der Waals surface area contributed by atoms with Gasteiger partial charge in [-0.2, -0.15) is 27.9 Å². The van der Waals surface area contributed by atoms with Gasteiger partial charge in [-0.1, -0.05) is 13.8 Å². The third-order valence-corrected chi connectivity index (χ3v) is 4.51. The molecule has 21 heavy (non-hydrogen) atoms. The standard InChI is InChI=1S/C8H9NS.C8H10O2S/c1-7(2-4-9)8-3-5-10-6-8;1-6(4-8(9)10)7-2-3-11-5-7/h3,5-7H,2H2,1H3;2-3,5-6H,4H2,1H3,(H,9,10). The third kappa shape index (κ3) is 6.56. The molecule has 0 bridgehead atoms. The molecule has 0 aliphatic heterocycles. The number of nitrogens with zero attached hydrogens (tertiary/aromatic N) is 1. The summed E-state index contributed by atoms with van der Waals surface area (Å²) >= 11 is 3.29. The van der Waals surface area contributed by atoms with Crippen LogP contribution in [-0.4, -0.2) is 11.1 Å². The largest absolute Gasteiger partial charge is 0.481 e. The molecular weight excluding hydrogens is 302 g/mol. The van der Waals surface area contributed by atoms with E-state index >= 15 is 0 Å². The van der Waals surface area contributed by atoms with E-state index in [9.17, 15) is 4.79 Å². The van der Waals surface area contributed by atoms with Crippen LogP contribution >= 0.6 is 22.7 Å². The quantitative estimate of drug-likeness (QED) is 0.834. The zero-order valence-corrected chi connectivity index (χ0v) is 13.8. The van der Waals surface area contributed by atoms with E-state index in [0.717, 1.165) is 5.56 Å². The Kier molecular flexibility index (Phi) is 7.73. The maximum Gasteiger partial charge on any atom is 0.303 e. The lowest BCUT2D eigenvalue weighted by molar-refractivity contribution is -0.137. The van der Waals surface area contributed by atoms with Crippen molar-refractivity contribution < 1.29 is 9.90 Å². The van der Waals surface area contributed by atoms with E-state index in [-0.39, 0.29) is 12.3 Å². The molecule has 0 saturated heterocycles. The molecule has 2 atom stereocenters. The first-order valence-corrected chi connectivity index (χ1v) is 8.56. The number of carboxylic acid groups (broad SMARTS) is 1. The van der Waals surface area contributed by atoms with Crippen LogP contribution in [0.3, 0.4) is 0 Å². The van der Waals surface area contributed by atoms with Crippen LogP contribution in [0.25, 0.3) is 0 Å². The van der Waals surface area contributed by atoms with Crippen LogP contribution in [0, 0.1) is 11.3 Å². The van der Waals surface area contributed by atoms with Crippen LogP contribution in [-0.2, 0) is 4.79 Å². The molecule has 2 heterocycles. The van der Waals surface area contributed by atoms with Gasteiger partial charge in [-0.15, -0.1) is 0 Å². The Bertz CT molecular complexity index is 556. The van der Waals surface area contributed by atoms with Crippen molar-refractivity contribution in [1.29, 1.82) is 5.26 Å². The van der Waals surface area contributed by atoms with Crippen molar-refractivity contribution in [1.82, 2.24) is 0 Å². The lowest BCUT2D eigenvalue weighted by Crippen LogP contribution is -2.01. The predicted molar refractivity (Wildman–Crippen MR) is 88.0 cm³/mol. The molecule has 2 rings (SSSR count). The summed E-state index contributed by atoms with van der Waals surface area (Å²) in [6.45, 7) is 4.00. The number of carboxylic acids is 1. The van der Waals surface area contributed by atoms with Crippen molar-refractivity contribution in [3.05, 3.63) is 44.8 Å². The van der Waals surface area contributed by atoms with Gasteiger partial charge in [-0.25, -0.2) is 0 Å². The molecule has 2 aromatic rings. The number of aliphatic carboxylic acids is 1. The molecular formula is C16H19NO2S2. The van der Waals surface area contributed by atoms with Crippen molar-refractivity contribution in [2.24, 2.45) is 0 Å². The van der Waals surface area contributed by atoms with Crippen molar-refractivity contribution in [2.45, 2.75) is 38.5 Å². The smallest absolute Gasteiger partial charge is 0.303 e. The number of hydrogen-bond acceptors (Lipinski definition) is 4. The van der Waals surface area contributed by atoms with E-state index in [4.69, 9.17) is 10.4 Å². The number of rotatable bonds is 5. The van der Waals surface area contributed by atoms with Crippen molar-refractivity contribution >= 4 is 28.6 Å². The monoisotopic (exact) mass is 321 g/mol. The summed E-state index contributed by atoms with van der Waals surface area (Å²) in [6, 6.07) is 6.21. The third-order valence-electron chi connectivity index (χ3n) is 3.10. The highest BCUT2D eigenvalue weighted by molar-refractivity contribution is 7.08. The van der Waals surface area contributed by atoms with Gasteiger partial charge in [0.1, 0.15) is 0 Å². The van der Waals surface area contributed by atoms with Gasteiger partial charge in [-0.05, 0) is 56.6 Å². The Hall–Kier alpha value is -1.64. The molecule has 1 N–H and O–H groups in total. The van der Waals surface area contributed by atoms with Crippen LogP contribution in [0.15, 0.2) is 33.7 Å². The molecule has 0 fully saturated rings. The Morgan fingerprint density at radius 3 is 2.10 bits per heavy atom. The summed E-state index contributed by atoms with van der Waals surface area (Å²) in [7, 11) is 0. The molecule has 0 spiro atoms. The lowest BCUT2D eigenvalue weighted by Gasteiger charge is -2.04. The second-order valence-corrected chi connectivity index (χ2v) is 6.44. The Balaban J connectivity index is 0.000000211. The van der Waals surface area contributed by atoms with Gasteiger partial charge < -0.3 is 5.11 Å². The molecule has 0 aliphatic rings. The summed E-state index contributed by atoms with van der Waals surface area (Å²) < 4.78 is 0. The maximum absolute atomic E-state index is 10.3. The number of thiophene rings is 2. The summed E-state index contributed by atoms with van der Waals surface area (Å²) in [5, 5.41) is 25.0. The van der Waals surface area contributed by atoms with E-state index in [2.05, 4.69) is 24.4 Å². The number of hydrogen-bond donors (Lipinski definition) is 1. The van der Waals surface area contributed by atoms with Gasteiger partial charge in [0, 0.05) is 6.42 Å². The normalized spacial score (nSPS) is 12.6. The molecule has 3 nitrogen and oxygen atoms in total. The van der Waals surface area contributed by atoms with Gasteiger partial charge in [0.15, 0.2) is 0 Å². The summed E-state index contributed by atoms with van der Waals surface area (Å²) in [5.74, 6) is -0.196. The first kappa shape index (κ1) is 17.4. The zero-order valence-electron chi connectivity index (χ0n) is 12.2. The fourth-order valence-electron chi connectivity index (χ4n) is 1.75. The predicted octanol–water partition coefficient (Wildman–Crippen LogP) is 5.09. The summed E-state index contributed by atoms with van der Waals surface area (Å²) in [4.78, 5) is 10.3. The van der Waals surface area contributed by atoms with Crippen LogP contribution in [0.2, 0.25) is 0 Å². The number of nitriles is 1. The lowest BCUT2D eigenvalue weighted by atomic mass is 10.0. The van der Waals surface area contributed by atoms with E-state index in [0.29, 0.717) is 12.3 Å². The van der Waals surface area contributed by atoms with Crippen LogP contribution in [0.5, 0.6) is 0 Å². The average Bonchev–Trinajstić information content (AvgIpc) is 3.13. The highest BCUT2D eigenvalue weighted by Gasteiger charge is 2.09. The Labute approximate surface area is 133 Å². The van der Waals surface area contributed by atoms with E-state index in [1.165, 1.54) is 5.56 Å². The van der Waals surface area contributed by atoms with Crippen molar-refractivity contribution in [2.75, 3.05) is 0 Å². The van der Waals surface area contributed by atoms with Crippen molar-refractivity contribution in [3.8, 4) is 6.07 Å². The molecule has 0 aromatic carbocycles. The van der Waals surface area contributed by atoms with Crippen LogP contribution < -0.4 is 0 Å². The zero-order chi connectivity index (χ0) is 15.7. The highest BCUT2D eigenvalue weighted by atomic mass is 32.1. The fraction of sp³-hybridized carbons (Fsp3) is 0.375. The summed E-state index contributed by atoms with van der Waals surface area (Å²) in [6.07, 6.45) is 0.841. The van der Waals surface area contributed by atoms with Gasteiger partial charge >= 0.3 is 5.97 Å². The average molecular weight is 321 g/mol. The van der Waals surface area contributed by atoms with Crippen molar-refractivity contribution in [3.63, 3.8) is 0 Å². The molecule has 0 radical (unpaired) electrons. The van der Waals surface area contributed by atoms with Gasteiger partial charge in [0.25, 0.3) is 0 Å². The molecule has 0 aliphatic carbocycles. The van der Waals surface area contributed by atoms with E-state index < -0.39 is 5.97 Å². The Morgan fingerprint density at radius 2 is 1.71 bits per heavy atom. The maximum atomic E-state index is 10.3. The topological polar surface area (TPSA) is 61.1 Å². The summed E-state index contributed by atoms with van der Waals surface area (Å²) in [5.41, 5.74) is 2.41. The molecule has 112 valence electrons. The molecule has 2 unspecified atom stereocenters. The van der Waals surface area contributed by atoms with Crippen LogP contribution in [0.1, 0.15) is 49.7 Å². The molecule has 5 heteroatoms. The minimum atomic E-state index is -0.733. The van der Waals surface area contributed by atoms with Gasteiger partial charge in [0.05, 0.1) is 12.5 Å². The first-order valence-electron chi connectivity index (χ1n) is 6.67. The second-order valence-electron chi connectivity index (χ2n) is 4.88. The minimum Gasteiger partial charge on any atom is -0.481 e. The van der Waals surface area contributed by atoms with E-state index in [1.807, 2.05) is 29.1 Å². The van der Waals surface area contributed by atoms with Gasteiger partial charge in [-0.3, -0.25) is 4.79 Å². The van der Waals surface area contributed by atoms with E-state index in [1.54, 1.807) is 22.7 Å². The first-order chi connectivity index (χ1) is 10.0. The minimum absolute atomic E-state index is 0.138. The number of carbonyl (C=O) groups is 1. The Morgan fingerprint density at radius 1 is 1.19 bits per heavy atom.